The zero-order valence-corrected chi connectivity index (χ0v) is 14.7. The first kappa shape index (κ1) is 18.2. The SMILES string of the molecule is O=C(Cc1ccc(Br)cc1)Nc1cccc(C(=O)NCCCO)c1. The molecule has 2 rings (SSSR count). The van der Waals surface area contributed by atoms with Gasteiger partial charge in [-0.1, -0.05) is 34.1 Å². The Labute approximate surface area is 149 Å². The molecule has 0 saturated carbocycles. The molecule has 24 heavy (non-hydrogen) atoms. The van der Waals surface area contributed by atoms with Crippen LogP contribution in [-0.2, 0) is 11.2 Å². The average Bonchev–Trinajstić information content (AvgIpc) is 2.57. The summed E-state index contributed by atoms with van der Waals surface area (Å²) >= 11 is 3.36. The van der Waals surface area contributed by atoms with Crippen molar-refractivity contribution >= 4 is 33.4 Å². The van der Waals surface area contributed by atoms with Gasteiger partial charge in [-0.15, -0.1) is 0 Å². The minimum Gasteiger partial charge on any atom is -0.396 e. The fourth-order valence-electron chi connectivity index (χ4n) is 2.11. The van der Waals surface area contributed by atoms with Crippen molar-refractivity contribution in [1.82, 2.24) is 5.32 Å². The summed E-state index contributed by atoms with van der Waals surface area (Å²) in [7, 11) is 0. The monoisotopic (exact) mass is 390 g/mol. The molecule has 0 aliphatic rings. The van der Waals surface area contributed by atoms with E-state index in [1.54, 1.807) is 24.3 Å². The van der Waals surface area contributed by atoms with E-state index in [2.05, 4.69) is 26.6 Å². The van der Waals surface area contributed by atoms with Crippen molar-refractivity contribution in [2.24, 2.45) is 0 Å². The number of aliphatic hydroxyl groups excluding tert-OH is 1. The van der Waals surface area contributed by atoms with Gasteiger partial charge in [0.05, 0.1) is 6.42 Å². The molecule has 0 atom stereocenters. The largest absolute Gasteiger partial charge is 0.396 e. The summed E-state index contributed by atoms with van der Waals surface area (Å²) in [4.78, 5) is 24.1. The molecule has 0 spiro atoms. The standard InChI is InChI=1S/C18H19BrN2O3/c19-15-7-5-13(6-8-15)11-17(23)21-16-4-1-3-14(12-16)18(24)20-9-2-10-22/h1,3-8,12,22H,2,9-11H2,(H,20,24)(H,21,23). The van der Waals surface area contributed by atoms with Crippen LogP contribution in [0.15, 0.2) is 53.0 Å². The van der Waals surface area contributed by atoms with E-state index in [4.69, 9.17) is 5.11 Å². The van der Waals surface area contributed by atoms with Crippen molar-refractivity contribution in [3.63, 3.8) is 0 Å². The van der Waals surface area contributed by atoms with E-state index in [0.29, 0.717) is 24.2 Å². The molecule has 0 radical (unpaired) electrons. The van der Waals surface area contributed by atoms with Crippen molar-refractivity contribution in [2.45, 2.75) is 12.8 Å². The third-order valence-electron chi connectivity index (χ3n) is 3.31. The van der Waals surface area contributed by atoms with Crippen LogP contribution in [0.3, 0.4) is 0 Å². The highest BCUT2D eigenvalue weighted by molar-refractivity contribution is 9.10. The molecule has 0 bridgehead atoms. The molecule has 2 aromatic carbocycles. The lowest BCUT2D eigenvalue weighted by molar-refractivity contribution is -0.115. The summed E-state index contributed by atoms with van der Waals surface area (Å²) < 4.78 is 0.964. The van der Waals surface area contributed by atoms with Gasteiger partial charge in [0.15, 0.2) is 0 Å². The van der Waals surface area contributed by atoms with E-state index in [1.165, 1.54) is 0 Å². The summed E-state index contributed by atoms with van der Waals surface area (Å²) in [5, 5.41) is 14.2. The Bertz CT molecular complexity index is 702. The van der Waals surface area contributed by atoms with Gasteiger partial charge >= 0.3 is 0 Å². The van der Waals surface area contributed by atoms with Crippen LogP contribution in [0.5, 0.6) is 0 Å². The zero-order valence-electron chi connectivity index (χ0n) is 13.1. The number of anilines is 1. The van der Waals surface area contributed by atoms with E-state index in [-0.39, 0.29) is 24.8 Å². The van der Waals surface area contributed by atoms with E-state index in [1.807, 2.05) is 24.3 Å². The summed E-state index contributed by atoms with van der Waals surface area (Å²) in [6.45, 7) is 0.446. The van der Waals surface area contributed by atoms with Crippen LogP contribution in [0.1, 0.15) is 22.3 Å². The van der Waals surface area contributed by atoms with Crippen LogP contribution in [0.25, 0.3) is 0 Å². The predicted molar refractivity (Wildman–Crippen MR) is 97.0 cm³/mol. The normalized spacial score (nSPS) is 10.2. The molecule has 0 fully saturated rings. The number of amides is 2. The fraction of sp³-hybridized carbons (Fsp3) is 0.222. The van der Waals surface area contributed by atoms with Crippen LogP contribution in [0.4, 0.5) is 5.69 Å². The summed E-state index contributed by atoms with van der Waals surface area (Å²) in [6.07, 6.45) is 0.773. The number of rotatable bonds is 7. The Balaban J connectivity index is 1.94. The lowest BCUT2D eigenvalue weighted by Gasteiger charge is -2.08. The van der Waals surface area contributed by atoms with E-state index >= 15 is 0 Å². The minimum atomic E-state index is -0.229. The maximum Gasteiger partial charge on any atom is 0.251 e. The van der Waals surface area contributed by atoms with Crippen molar-refractivity contribution in [3.05, 3.63) is 64.1 Å². The number of aliphatic hydroxyl groups is 1. The zero-order chi connectivity index (χ0) is 17.4. The number of carbonyl (C=O) groups excluding carboxylic acids is 2. The second-order valence-electron chi connectivity index (χ2n) is 5.27. The topological polar surface area (TPSA) is 78.4 Å². The number of carbonyl (C=O) groups is 2. The first-order valence-corrected chi connectivity index (χ1v) is 8.41. The summed E-state index contributed by atoms with van der Waals surface area (Å²) in [6, 6.07) is 14.3. The Kier molecular flexibility index (Phi) is 6.96. The van der Waals surface area contributed by atoms with Crippen LogP contribution >= 0.6 is 15.9 Å². The first-order chi connectivity index (χ1) is 11.6. The second-order valence-corrected chi connectivity index (χ2v) is 6.18. The van der Waals surface area contributed by atoms with Crippen LogP contribution in [0, 0.1) is 0 Å². The van der Waals surface area contributed by atoms with Crippen molar-refractivity contribution in [3.8, 4) is 0 Å². The molecule has 2 aromatic rings. The molecule has 0 heterocycles. The van der Waals surface area contributed by atoms with Gasteiger partial charge < -0.3 is 15.7 Å². The van der Waals surface area contributed by atoms with Gasteiger partial charge in [0.2, 0.25) is 5.91 Å². The third-order valence-corrected chi connectivity index (χ3v) is 3.84. The maximum atomic E-state index is 12.1. The Morgan fingerprint density at radius 3 is 2.54 bits per heavy atom. The van der Waals surface area contributed by atoms with E-state index in [9.17, 15) is 9.59 Å². The van der Waals surface area contributed by atoms with Gasteiger partial charge in [0.25, 0.3) is 5.91 Å². The molecule has 6 heteroatoms. The van der Waals surface area contributed by atoms with Crippen molar-refractivity contribution in [2.75, 3.05) is 18.5 Å². The lowest BCUT2D eigenvalue weighted by Crippen LogP contribution is -2.25. The number of hydrogen-bond acceptors (Lipinski definition) is 3. The number of hydrogen-bond donors (Lipinski definition) is 3. The highest BCUT2D eigenvalue weighted by atomic mass is 79.9. The van der Waals surface area contributed by atoms with Crippen molar-refractivity contribution < 1.29 is 14.7 Å². The highest BCUT2D eigenvalue weighted by Gasteiger charge is 2.08. The molecule has 0 aromatic heterocycles. The quantitative estimate of drug-likeness (QED) is 0.636. The fourth-order valence-corrected chi connectivity index (χ4v) is 2.38. The van der Waals surface area contributed by atoms with Gasteiger partial charge in [-0.2, -0.15) is 0 Å². The number of benzene rings is 2. The summed E-state index contributed by atoms with van der Waals surface area (Å²) in [5.74, 6) is -0.373. The Morgan fingerprint density at radius 1 is 1.08 bits per heavy atom. The van der Waals surface area contributed by atoms with E-state index < -0.39 is 0 Å². The van der Waals surface area contributed by atoms with Gasteiger partial charge in [-0.3, -0.25) is 9.59 Å². The average molecular weight is 391 g/mol. The van der Waals surface area contributed by atoms with E-state index in [0.717, 1.165) is 10.0 Å². The van der Waals surface area contributed by atoms with Crippen LogP contribution in [0.2, 0.25) is 0 Å². The molecular weight excluding hydrogens is 372 g/mol. The molecular formula is C18H19BrN2O3. The van der Waals surface area contributed by atoms with Gasteiger partial charge in [0, 0.05) is 28.9 Å². The number of halogens is 1. The number of nitrogens with one attached hydrogen (secondary N) is 2. The molecule has 126 valence electrons. The molecule has 5 nitrogen and oxygen atoms in total. The van der Waals surface area contributed by atoms with Crippen molar-refractivity contribution in [1.29, 1.82) is 0 Å². The first-order valence-electron chi connectivity index (χ1n) is 7.62. The molecule has 0 saturated heterocycles. The minimum absolute atomic E-state index is 0.0342. The van der Waals surface area contributed by atoms with Gasteiger partial charge in [-0.25, -0.2) is 0 Å². The smallest absolute Gasteiger partial charge is 0.251 e. The Morgan fingerprint density at radius 2 is 1.83 bits per heavy atom. The van der Waals surface area contributed by atoms with Gasteiger partial charge in [-0.05, 0) is 42.3 Å². The van der Waals surface area contributed by atoms with Crippen LogP contribution in [-0.4, -0.2) is 30.1 Å². The third kappa shape index (κ3) is 5.79. The maximum absolute atomic E-state index is 12.1. The highest BCUT2D eigenvalue weighted by Crippen LogP contribution is 2.13. The molecule has 2 amide bonds. The molecule has 3 N–H and O–H groups in total. The molecule has 0 unspecified atom stereocenters. The predicted octanol–water partition coefficient (Wildman–Crippen LogP) is 2.74. The lowest BCUT2D eigenvalue weighted by atomic mass is 10.1. The molecule has 0 aliphatic heterocycles. The molecule has 0 aliphatic carbocycles. The Hall–Kier alpha value is -2.18. The van der Waals surface area contributed by atoms with Crippen LogP contribution < -0.4 is 10.6 Å². The van der Waals surface area contributed by atoms with Gasteiger partial charge in [0.1, 0.15) is 0 Å². The second kappa shape index (κ2) is 9.20. The summed E-state index contributed by atoms with van der Waals surface area (Å²) in [5.41, 5.74) is 1.95.